The fourth-order valence-corrected chi connectivity index (χ4v) is 0.591. The normalized spacial score (nSPS) is 12.5. The fourth-order valence-electron chi connectivity index (χ4n) is 0.591. The smallest absolute Gasteiger partial charge is 0.303 e. The molecule has 0 aromatic rings. The monoisotopic (exact) mass is 160 g/mol. The highest BCUT2D eigenvalue weighted by Gasteiger charge is 2.12. The Kier molecular flexibility index (Phi) is 4.40. The third-order valence-corrected chi connectivity index (χ3v) is 1.28. The van der Waals surface area contributed by atoms with Crippen LogP contribution in [0.2, 0.25) is 0 Å². The predicted molar refractivity (Wildman–Crippen MR) is 38.9 cm³/mol. The predicted octanol–water partition coefficient (Wildman–Crippen LogP) is -1.29. The second-order valence-electron chi connectivity index (χ2n) is 2.21. The summed E-state index contributed by atoms with van der Waals surface area (Å²) in [6, 6.07) is -0.726. The zero-order valence-corrected chi connectivity index (χ0v) is 6.12. The number of Topliss-reactive ketones (excluding diaryl/α,β-unsaturated/α-hetero) is 1. The summed E-state index contributed by atoms with van der Waals surface area (Å²) in [7, 11) is 0. The van der Waals surface area contributed by atoms with E-state index in [4.69, 9.17) is 16.6 Å². The van der Waals surface area contributed by atoms with E-state index in [-0.39, 0.29) is 25.2 Å². The Bertz CT molecular complexity index is 158. The number of carboxylic acids is 1. The van der Waals surface area contributed by atoms with Gasteiger partial charge >= 0.3 is 5.97 Å². The van der Waals surface area contributed by atoms with Gasteiger partial charge in [0.2, 0.25) is 0 Å². The van der Waals surface area contributed by atoms with Crippen LogP contribution in [0, 0.1) is 0 Å². The summed E-state index contributed by atoms with van der Waals surface area (Å²) in [5.74, 6) is -1.25. The molecule has 1 unspecified atom stereocenters. The van der Waals surface area contributed by atoms with Crippen LogP contribution in [0.4, 0.5) is 0 Å². The first kappa shape index (κ1) is 10.1. The van der Waals surface area contributed by atoms with E-state index in [1.165, 1.54) is 0 Å². The molecule has 0 aromatic carbocycles. The van der Waals surface area contributed by atoms with Crippen molar-refractivity contribution in [2.45, 2.75) is 18.9 Å². The lowest BCUT2D eigenvalue weighted by Crippen LogP contribution is -2.35. The summed E-state index contributed by atoms with van der Waals surface area (Å²) in [5.41, 5.74) is 10.3. The van der Waals surface area contributed by atoms with Gasteiger partial charge in [-0.3, -0.25) is 9.59 Å². The molecule has 0 aliphatic heterocycles. The van der Waals surface area contributed by atoms with Gasteiger partial charge < -0.3 is 16.6 Å². The maximum Gasteiger partial charge on any atom is 0.303 e. The van der Waals surface area contributed by atoms with Gasteiger partial charge in [-0.15, -0.1) is 0 Å². The van der Waals surface area contributed by atoms with Crippen molar-refractivity contribution >= 4 is 11.8 Å². The molecule has 0 spiro atoms. The molecule has 0 radical (unpaired) electrons. The highest BCUT2D eigenvalue weighted by atomic mass is 16.4. The molecule has 0 heterocycles. The van der Waals surface area contributed by atoms with E-state index in [0.717, 1.165) is 0 Å². The minimum absolute atomic E-state index is 0.0904. The molecule has 64 valence electrons. The van der Waals surface area contributed by atoms with E-state index in [2.05, 4.69) is 0 Å². The number of rotatable bonds is 5. The van der Waals surface area contributed by atoms with Crippen molar-refractivity contribution in [2.75, 3.05) is 6.54 Å². The van der Waals surface area contributed by atoms with Gasteiger partial charge in [0.25, 0.3) is 0 Å². The van der Waals surface area contributed by atoms with Crippen molar-refractivity contribution in [3.05, 3.63) is 0 Å². The summed E-state index contributed by atoms with van der Waals surface area (Å²) in [4.78, 5) is 20.7. The van der Waals surface area contributed by atoms with Gasteiger partial charge in [-0.2, -0.15) is 0 Å². The van der Waals surface area contributed by atoms with Gasteiger partial charge in [-0.05, 0) is 6.42 Å². The molecule has 0 rings (SSSR count). The summed E-state index contributed by atoms with van der Waals surface area (Å²) in [6.07, 6.45) is 0.0677. The Morgan fingerprint density at radius 1 is 1.45 bits per heavy atom. The van der Waals surface area contributed by atoms with Crippen LogP contribution in [0.3, 0.4) is 0 Å². The van der Waals surface area contributed by atoms with E-state index in [1.54, 1.807) is 0 Å². The maximum absolute atomic E-state index is 10.7. The Labute approximate surface area is 64.4 Å². The molecule has 0 saturated heterocycles. The van der Waals surface area contributed by atoms with Crippen LogP contribution in [-0.4, -0.2) is 29.4 Å². The zero-order valence-electron chi connectivity index (χ0n) is 6.12. The van der Waals surface area contributed by atoms with Gasteiger partial charge in [-0.1, -0.05) is 0 Å². The number of nitrogens with two attached hydrogens (primary N) is 2. The lowest BCUT2D eigenvalue weighted by atomic mass is 10.1. The van der Waals surface area contributed by atoms with Gasteiger partial charge in [-0.25, -0.2) is 0 Å². The molecule has 0 aromatic heterocycles. The third kappa shape index (κ3) is 4.46. The first-order valence-corrected chi connectivity index (χ1v) is 3.28. The second kappa shape index (κ2) is 4.81. The molecular formula is C6H12N2O3. The first-order chi connectivity index (χ1) is 5.07. The third-order valence-electron chi connectivity index (χ3n) is 1.28. The average Bonchev–Trinajstić information content (AvgIpc) is 1.98. The number of hydrogen-bond donors (Lipinski definition) is 3. The molecule has 0 amide bonds. The molecule has 0 saturated carbocycles. The van der Waals surface area contributed by atoms with E-state index in [0.29, 0.717) is 0 Å². The summed E-state index contributed by atoms with van der Waals surface area (Å²) in [6.45, 7) is -0.124. The number of carbonyl (C=O) groups excluding carboxylic acids is 1. The topological polar surface area (TPSA) is 106 Å². The zero-order chi connectivity index (χ0) is 8.85. The molecule has 5 heteroatoms. The van der Waals surface area contributed by atoms with Crippen molar-refractivity contribution in [3.8, 4) is 0 Å². The maximum atomic E-state index is 10.7. The van der Waals surface area contributed by atoms with Gasteiger partial charge in [0, 0.05) is 6.42 Å². The van der Waals surface area contributed by atoms with Crippen molar-refractivity contribution in [1.29, 1.82) is 0 Å². The van der Waals surface area contributed by atoms with Crippen LogP contribution in [0.25, 0.3) is 0 Å². The van der Waals surface area contributed by atoms with E-state index < -0.39 is 12.0 Å². The molecule has 5 N–H and O–H groups in total. The highest BCUT2D eigenvalue weighted by molar-refractivity contribution is 5.85. The Balaban J connectivity index is 3.60. The Hall–Kier alpha value is -0.940. The standard InChI is InChI=1S/C6H12N2O3/c7-3-5(9)4(8)1-2-6(10)11/h4H,1-3,7-8H2,(H,10,11). The lowest BCUT2D eigenvalue weighted by molar-refractivity contribution is -0.137. The summed E-state index contributed by atoms with van der Waals surface area (Å²) in [5, 5.41) is 8.22. The number of carboxylic acid groups (broad SMARTS) is 1. The van der Waals surface area contributed by atoms with Gasteiger partial charge in [0.15, 0.2) is 5.78 Å². The molecular weight excluding hydrogens is 148 g/mol. The van der Waals surface area contributed by atoms with Crippen LogP contribution < -0.4 is 11.5 Å². The lowest BCUT2D eigenvalue weighted by Gasteiger charge is -2.05. The second-order valence-corrected chi connectivity index (χ2v) is 2.21. The number of aliphatic carboxylic acids is 1. The van der Waals surface area contributed by atoms with E-state index in [9.17, 15) is 9.59 Å². The van der Waals surface area contributed by atoms with Crippen molar-refractivity contribution in [2.24, 2.45) is 11.5 Å². The van der Waals surface area contributed by atoms with E-state index >= 15 is 0 Å². The molecule has 0 aliphatic rings. The molecule has 11 heavy (non-hydrogen) atoms. The van der Waals surface area contributed by atoms with Crippen LogP contribution >= 0.6 is 0 Å². The quantitative estimate of drug-likeness (QED) is 0.463. The van der Waals surface area contributed by atoms with Crippen LogP contribution in [0.5, 0.6) is 0 Å². The molecule has 1 atom stereocenters. The SMILES string of the molecule is NCC(=O)C(N)CCC(=O)O. The van der Waals surface area contributed by atoms with E-state index in [1.807, 2.05) is 0 Å². The molecule has 0 aliphatic carbocycles. The number of carbonyl (C=O) groups is 2. The highest BCUT2D eigenvalue weighted by Crippen LogP contribution is 1.94. The fraction of sp³-hybridized carbons (Fsp3) is 0.667. The Morgan fingerprint density at radius 3 is 2.36 bits per heavy atom. The van der Waals surface area contributed by atoms with Gasteiger partial charge in [0.05, 0.1) is 12.6 Å². The Morgan fingerprint density at radius 2 is 2.00 bits per heavy atom. The van der Waals surface area contributed by atoms with Crippen molar-refractivity contribution in [3.63, 3.8) is 0 Å². The summed E-state index contributed by atoms with van der Waals surface area (Å²) < 4.78 is 0. The van der Waals surface area contributed by atoms with Crippen LogP contribution in [0.15, 0.2) is 0 Å². The minimum atomic E-state index is -0.953. The van der Waals surface area contributed by atoms with Gasteiger partial charge in [0.1, 0.15) is 0 Å². The minimum Gasteiger partial charge on any atom is -0.481 e. The van der Waals surface area contributed by atoms with Crippen molar-refractivity contribution in [1.82, 2.24) is 0 Å². The molecule has 0 fully saturated rings. The molecule has 5 nitrogen and oxygen atoms in total. The van der Waals surface area contributed by atoms with Crippen LogP contribution in [0.1, 0.15) is 12.8 Å². The van der Waals surface area contributed by atoms with Crippen molar-refractivity contribution < 1.29 is 14.7 Å². The number of hydrogen-bond acceptors (Lipinski definition) is 4. The largest absolute Gasteiger partial charge is 0.481 e. The number of ketones is 1. The summed E-state index contributed by atoms with van der Waals surface area (Å²) >= 11 is 0. The molecule has 0 bridgehead atoms. The van der Waals surface area contributed by atoms with Crippen LogP contribution in [-0.2, 0) is 9.59 Å². The first-order valence-electron chi connectivity index (χ1n) is 3.28. The average molecular weight is 160 g/mol.